The summed E-state index contributed by atoms with van der Waals surface area (Å²) in [7, 11) is -3.00. The van der Waals surface area contributed by atoms with Gasteiger partial charge in [0.15, 0.2) is 0 Å². The summed E-state index contributed by atoms with van der Waals surface area (Å²) in [5.41, 5.74) is -0.0664. The third-order valence-corrected chi connectivity index (χ3v) is 5.50. The van der Waals surface area contributed by atoms with Gasteiger partial charge in [0.05, 0.1) is 6.61 Å². The molecule has 0 rings (SSSR count). The lowest BCUT2D eigenvalue weighted by Gasteiger charge is -2.28. The molecule has 0 unspecified atom stereocenters. The van der Waals surface area contributed by atoms with Gasteiger partial charge in [-0.05, 0) is 6.42 Å². The van der Waals surface area contributed by atoms with Crippen LogP contribution in [0.3, 0.4) is 0 Å². The summed E-state index contributed by atoms with van der Waals surface area (Å²) in [5.74, 6) is 1.18. The molecule has 0 aliphatic carbocycles. The highest BCUT2D eigenvalue weighted by Gasteiger charge is 2.29. The Bertz CT molecular complexity index is 214. The first-order valence-corrected chi connectivity index (χ1v) is 8.77. The molecule has 0 heterocycles. The molecule has 0 spiro atoms. The van der Waals surface area contributed by atoms with E-state index in [0.29, 0.717) is 43.8 Å². The van der Waals surface area contributed by atoms with Crippen LogP contribution in [-0.2, 0) is 9.09 Å². The van der Waals surface area contributed by atoms with E-state index in [2.05, 4.69) is 0 Å². The van der Waals surface area contributed by atoms with E-state index < -0.39 is 7.52 Å². The van der Waals surface area contributed by atoms with Crippen LogP contribution >= 0.6 is 53.9 Å². The monoisotopic (exact) mass is 329 g/mol. The Morgan fingerprint density at radius 3 is 1.94 bits per heavy atom. The van der Waals surface area contributed by atoms with Gasteiger partial charge < -0.3 is 4.52 Å². The topological polar surface area (TPSA) is 29.5 Å². The number of hydrogen-bond donors (Lipinski definition) is 0. The van der Waals surface area contributed by atoms with Crippen molar-refractivity contribution >= 4 is 53.9 Å². The van der Waals surface area contributed by atoms with E-state index in [0.717, 1.165) is 0 Å². The molecule has 0 N–H and O–H groups in total. The fourth-order valence-electron chi connectivity index (χ4n) is 1.07. The SMILES string of the molecule is O=[P@](CCl)(OCCCCl)N(CCCl)CCCl. The van der Waals surface area contributed by atoms with E-state index >= 15 is 0 Å². The zero-order chi connectivity index (χ0) is 12.4. The number of halogens is 4. The molecular weight excluding hydrogens is 315 g/mol. The van der Waals surface area contributed by atoms with Gasteiger partial charge in [-0.15, -0.1) is 46.4 Å². The van der Waals surface area contributed by atoms with Crippen LogP contribution in [0.4, 0.5) is 0 Å². The van der Waals surface area contributed by atoms with Gasteiger partial charge in [0.25, 0.3) is 7.52 Å². The summed E-state index contributed by atoms with van der Waals surface area (Å²) in [6.07, 6.45) is 0.637. The highest BCUT2D eigenvalue weighted by atomic mass is 35.5. The summed E-state index contributed by atoms with van der Waals surface area (Å²) in [5, 5.41) is 0. The highest BCUT2D eigenvalue weighted by Crippen LogP contribution is 2.51. The predicted octanol–water partition coefficient (Wildman–Crippen LogP) is 3.80. The van der Waals surface area contributed by atoms with Gasteiger partial charge in [-0.1, -0.05) is 0 Å². The van der Waals surface area contributed by atoms with Gasteiger partial charge in [-0.2, -0.15) is 0 Å². The van der Waals surface area contributed by atoms with Crippen LogP contribution in [0.1, 0.15) is 6.42 Å². The molecule has 0 amide bonds. The second-order valence-electron chi connectivity index (χ2n) is 2.96. The Morgan fingerprint density at radius 2 is 1.56 bits per heavy atom. The minimum atomic E-state index is -3.00. The lowest BCUT2D eigenvalue weighted by atomic mass is 10.5. The van der Waals surface area contributed by atoms with Crippen molar-refractivity contribution in [3.05, 3.63) is 0 Å². The third kappa shape index (κ3) is 6.30. The Labute approximate surface area is 117 Å². The molecule has 0 aromatic carbocycles. The minimum absolute atomic E-state index is 0.0664. The molecule has 16 heavy (non-hydrogen) atoms. The molecular formula is C8H16Cl4NO2P. The van der Waals surface area contributed by atoms with Crippen molar-refractivity contribution in [2.75, 3.05) is 43.0 Å². The Hall–Kier alpha value is 1.31. The van der Waals surface area contributed by atoms with E-state index in [4.69, 9.17) is 50.9 Å². The van der Waals surface area contributed by atoms with Crippen molar-refractivity contribution in [1.29, 1.82) is 0 Å². The molecule has 0 aliphatic rings. The molecule has 3 nitrogen and oxygen atoms in total. The lowest BCUT2D eigenvalue weighted by molar-refractivity contribution is 0.269. The Morgan fingerprint density at radius 1 is 1.00 bits per heavy atom. The maximum absolute atomic E-state index is 12.3. The molecule has 98 valence electrons. The first kappa shape index (κ1) is 17.3. The summed E-state index contributed by atoms with van der Waals surface area (Å²) >= 11 is 22.5. The van der Waals surface area contributed by atoms with Crippen molar-refractivity contribution in [2.24, 2.45) is 0 Å². The van der Waals surface area contributed by atoms with Crippen molar-refractivity contribution in [1.82, 2.24) is 4.67 Å². The standard InChI is InChI=1S/C8H16Cl4NO2P/c9-2-1-7-15-16(14,8-12)13(5-3-10)6-4-11/h1-8H2/t16-/m1/s1. The van der Waals surface area contributed by atoms with Gasteiger partial charge in [-0.3, -0.25) is 4.57 Å². The number of rotatable bonds is 10. The first-order chi connectivity index (χ1) is 7.64. The van der Waals surface area contributed by atoms with Crippen molar-refractivity contribution in [3.63, 3.8) is 0 Å². The summed E-state index contributed by atoms with van der Waals surface area (Å²) in [4.78, 5) is 0. The van der Waals surface area contributed by atoms with Crippen molar-refractivity contribution < 1.29 is 9.09 Å². The maximum atomic E-state index is 12.3. The molecule has 8 heteroatoms. The van der Waals surface area contributed by atoms with Crippen LogP contribution in [0, 0.1) is 0 Å². The second-order valence-corrected chi connectivity index (χ2v) is 7.15. The van der Waals surface area contributed by atoms with E-state index in [1.165, 1.54) is 0 Å². The van der Waals surface area contributed by atoms with E-state index in [1.54, 1.807) is 4.67 Å². The largest absolute Gasteiger partial charge is 0.317 e. The van der Waals surface area contributed by atoms with Crippen LogP contribution in [0.25, 0.3) is 0 Å². The zero-order valence-electron chi connectivity index (χ0n) is 8.88. The fraction of sp³-hybridized carbons (Fsp3) is 1.00. The third-order valence-electron chi connectivity index (χ3n) is 1.84. The van der Waals surface area contributed by atoms with Gasteiger partial charge >= 0.3 is 0 Å². The van der Waals surface area contributed by atoms with Crippen LogP contribution < -0.4 is 0 Å². The summed E-state index contributed by atoms with van der Waals surface area (Å²) in [6.45, 7) is 1.22. The molecule has 0 radical (unpaired) electrons. The summed E-state index contributed by atoms with van der Waals surface area (Å²) in [6, 6.07) is 0. The Kier molecular flexibility index (Phi) is 11.1. The minimum Gasteiger partial charge on any atom is -0.317 e. The molecule has 0 fully saturated rings. The predicted molar refractivity (Wildman–Crippen MR) is 72.6 cm³/mol. The quantitative estimate of drug-likeness (QED) is 0.346. The van der Waals surface area contributed by atoms with Crippen molar-refractivity contribution in [2.45, 2.75) is 6.42 Å². The lowest BCUT2D eigenvalue weighted by Crippen LogP contribution is -2.27. The molecule has 0 aliphatic heterocycles. The normalized spacial score (nSPS) is 15.3. The van der Waals surface area contributed by atoms with E-state index in [9.17, 15) is 4.57 Å². The number of nitrogens with zero attached hydrogens (tertiary/aromatic N) is 1. The van der Waals surface area contributed by atoms with Crippen LogP contribution in [0.15, 0.2) is 0 Å². The van der Waals surface area contributed by atoms with Gasteiger partial charge in [-0.25, -0.2) is 4.67 Å². The van der Waals surface area contributed by atoms with E-state index in [1.807, 2.05) is 0 Å². The average Bonchev–Trinajstić information content (AvgIpc) is 2.29. The molecule has 0 saturated heterocycles. The fourth-order valence-corrected chi connectivity index (χ4v) is 4.09. The first-order valence-electron chi connectivity index (χ1n) is 4.87. The smallest absolute Gasteiger partial charge is 0.286 e. The van der Waals surface area contributed by atoms with Crippen LogP contribution in [0.2, 0.25) is 0 Å². The number of hydrogen-bond acceptors (Lipinski definition) is 2. The average molecular weight is 331 g/mol. The number of alkyl halides is 4. The van der Waals surface area contributed by atoms with Crippen LogP contribution in [-0.4, -0.2) is 47.6 Å². The maximum Gasteiger partial charge on any atom is 0.286 e. The molecule has 0 aromatic rings. The molecule has 0 bridgehead atoms. The zero-order valence-corrected chi connectivity index (χ0v) is 12.8. The van der Waals surface area contributed by atoms with Gasteiger partial charge in [0.2, 0.25) is 0 Å². The van der Waals surface area contributed by atoms with Gasteiger partial charge in [0.1, 0.15) is 5.62 Å². The van der Waals surface area contributed by atoms with Crippen molar-refractivity contribution in [3.8, 4) is 0 Å². The Balaban J connectivity index is 4.40. The van der Waals surface area contributed by atoms with Crippen LogP contribution in [0.5, 0.6) is 0 Å². The molecule has 0 aromatic heterocycles. The summed E-state index contributed by atoms with van der Waals surface area (Å²) < 4.78 is 19.3. The van der Waals surface area contributed by atoms with E-state index in [-0.39, 0.29) is 5.62 Å². The van der Waals surface area contributed by atoms with Gasteiger partial charge in [0, 0.05) is 30.7 Å². The molecule has 0 saturated carbocycles. The molecule has 1 atom stereocenters. The second kappa shape index (κ2) is 10.3. The highest BCUT2D eigenvalue weighted by molar-refractivity contribution is 7.58.